The van der Waals surface area contributed by atoms with Gasteiger partial charge >= 0.3 is 0 Å². The van der Waals surface area contributed by atoms with Crippen molar-refractivity contribution >= 4 is 5.91 Å². The number of rotatable bonds is 4. The predicted octanol–water partition coefficient (Wildman–Crippen LogP) is 1.51. The number of nitrogens with two attached hydrogens (primary N) is 1. The van der Waals surface area contributed by atoms with E-state index in [0.29, 0.717) is 30.2 Å². The molecule has 2 aliphatic rings. The molecule has 0 spiro atoms. The highest BCUT2D eigenvalue weighted by Gasteiger charge is 2.24. The maximum atomic E-state index is 12.1. The van der Waals surface area contributed by atoms with Crippen LogP contribution < -0.4 is 5.73 Å². The second-order valence-electron chi connectivity index (χ2n) is 6.33. The van der Waals surface area contributed by atoms with Crippen molar-refractivity contribution < 1.29 is 9.90 Å². The van der Waals surface area contributed by atoms with Crippen LogP contribution in [0.5, 0.6) is 0 Å². The van der Waals surface area contributed by atoms with Gasteiger partial charge in [0.2, 0.25) is 5.91 Å². The van der Waals surface area contributed by atoms with Crippen molar-refractivity contribution in [1.82, 2.24) is 4.90 Å². The number of carbonyl (C=O) groups excluding carboxylic acids is 1. The van der Waals surface area contributed by atoms with E-state index in [0.717, 1.165) is 45.2 Å². The summed E-state index contributed by atoms with van der Waals surface area (Å²) < 4.78 is 0. The van der Waals surface area contributed by atoms with E-state index in [1.165, 1.54) is 12.8 Å². The Balaban J connectivity index is 1.64. The third kappa shape index (κ3) is 4.46. The summed E-state index contributed by atoms with van der Waals surface area (Å²) in [6.45, 7) is 1.93. The van der Waals surface area contributed by atoms with Crippen LogP contribution in [0.1, 0.15) is 51.4 Å². The van der Waals surface area contributed by atoms with Gasteiger partial charge in [0.1, 0.15) is 0 Å². The molecule has 1 saturated carbocycles. The number of piperidine rings is 1. The molecule has 0 unspecified atom stereocenters. The van der Waals surface area contributed by atoms with Crippen molar-refractivity contribution in [3.05, 3.63) is 0 Å². The van der Waals surface area contributed by atoms with Crippen molar-refractivity contribution in [1.29, 1.82) is 0 Å². The molecular formula is C15H28N2O2. The molecule has 1 amide bonds. The summed E-state index contributed by atoms with van der Waals surface area (Å²) in [4.78, 5) is 14.1. The third-order valence-corrected chi connectivity index (χ3v) is 4.88. The first kappa shape index (κ1) is 14.8. The summed E-state index contributed by atoms with van der Waals surface area (Å²) in [5.41, 5.74) is 5.90. The fourth-order valence-corrected chi connectivity index (χ4v) is 3.33. The monoisotopic (exact) mass is 268 g/mol. The molecule has 0 atom stereocenters. The van der Waals surface area contributed by atoms with Crippen LogP contribution in [0.15, 0.2) is 0 Å². The fraction of sp³-hybridized carbons (Fsp3) is 0.933. The average Bonchev–Trinajstić information content (AvgIpc) is 2.46. The summed E-state index contributed by atoms with van der Waals surface area (Å²) in [6, 6.07) is 0.393. The first-order valence-electron chi connectivity index (χ1n) is 7.83. The quantitative estimate of drug-likeness (QED) is 0.812. The van der Waals surface area contributed by atoms with Gasteiger partial charge in [-0.15, -0.1) is 0 Å². The Morgan fingerprint density at radius 3 is 2.26 bits per heavy atom. The lowest BCUT2D eigenvalue weighted by Gasteiger charge is -2.32. The predicted molar refractivity (Wildman–Crippen MR) is 75.6 cm³/mol. The third-order valence-electron chi connectivity index (χ3n) is 4.88. The van der Waals surface area contributed by atoms with E-state index in [4.69, 9.17) is 10.8 Å². The van der Waals surface area contributed by atoms with Crippen molar-refractivity contribution in [2.24, 2.45) is 17.6 Å². The SMILES string of the molecule is NC1CCC(CCC(=O)N2CCC(CO)CC2)CC1. The zero-order valence-corrected chi connectivity index (χ0v) is 11.9. The topological polar surface area (TPSA) is 66.6 Å². The average molecular weight is 268 g/mol. The molecular weight excluding hydrogens is 240 g/mol. The molecule has 0 aromatic heterocycles. The van der Waals surface area contributed by atoms with E-state index in [9.17, 15) is 4.79 Å². The van der Waals surface area contributed by atoms with E-state index in [1.807, 2.05) is 4.90 Å². The van der Waals surface area contributed by atoms with E-state index < -0.39 is 0 Å². The Labute approximate surface area is 116 Å². The molecule has 4 nitrogen and oxygen atoms in total. The van der Waals surface area contributed by atoms with E-state index >= 15 is 0 Å². The van der Waals surface area contributed by atoms with Gasteiger partial charge in [-0.1, -0.05) is 0 Å². The van der Waals surface area contributed by atoms with Crippen LogP contribution in [-0.4, -0.2) is 41.7 Å². The minimum Gasteiger partial charge on any atom is -0.396 e. The molecule has 0 aromatic carbocycles. The number of hydrogen-bond donors (Lipinski definition) is 2. The molecule has 110 valence electrons. The van der Waals surface area contributed by atoms with Crippen LogP contribution in [0.2, 0.25) is 0 Å². The largest absolute Gasteiger partial charge is 0.396 e. The molecule has 0 radical (unpaired) electrons. The zero-order chi connectivity index (χ0) is 13.7. The number of nitrogens with zero attached hydrogens (tertiary/aromatic N) is 1. The maximum Gasteiger partial charge on any atom is 0.222 e. The molecule has 0 bridgehead atoms. The number of aliphatic hydroxyl groups excluding tert-OH is 1. The Morgan fingerprint density at radius 2 is 1.68 bits per heavy atom. The van der Waals surface area contributed by atoms with Crippen molar-refractivity contribution in [2.45, 2.75) is 57.4 Å². The van der Waals surface area contributed by atoms with Gasteiger partial charge < -0.3 is 15.7 Å². The van der Waals surface area contributed by atoms with Crippen LogP contribution in [-0.2, 0) is 4.79 Å². The summed E-state index contributed by atoms with van der Waals surface area (Å²) in [5.74, 6) is 1.42. The lowest BCUT2D eigenvalue weighted by atomic mass is 9.83. The van der Waals surface area contributed by atoms with Crippen LogP contribution in [0, 0.1) is 11.8 Å². The summed E-state index contributed by atoms with van der Waals surface area (Å²) in [5, 5.41) is 9.10. The van der Waals surface area contributed by atoms with Crippen molar-refractivity contribution in [3.8, 4) is 0 Å². The standard InChI is InChI=1S/C15H28N2O2/c16-14-4-1-12(2-5-14)3-6-15(19)17-9-7-13(11-18)8-10-17/h12-14,18H,1-11,16H2. The van der Waals surface area contributed by atoms with Crippen LogP contribution in [0.4, 0.5) is 0 Å². The van der Waals surface area contributed by atoms with E-state index in [-0.39, 0.29) is 6.61 Å². The smallest absolute Gasteiger partial charge is 0.222 e. The van der Waals surface area contributed by atoms with Gasteiger partial charge in [0.05, 0.1) is 0 Å². The molecule has 1 heterocycles. The number of hydrogen-bond acceptors (Lipinski definition) is 3. The highest BCUT2D eigenvalue weighted by molar-refractivity contribution is 5.76. The Kier molecular flexibility index (Phi) is 5.64. The summed E-state index contributed by atoms with van der Waals surface area (Å²) in [6.07, 6.45) is 8.29. The summed E-state index contributed by atoms with van der Waals surface area (Å²) in [7, 11) is 0. The zero-order valence-electron chi connectivity index (χ0n) is 11.9. The second-order valence-corrected chi connectivity index (χ2v) is 6.33. The van der Waals surface area contributed by atoms with Crippen molar-refractivity contribution in [2.75, 3.05) is 19.7 Å². The van der Waals surface area contributed by atoms with Gasteiger partial charge in [0.15, 0.2) is 0 Å². The van der Waals surface area contributed by atoms with Gasteiger partial charge in [-0.05, 0) is 56.8 Å². The lowest BCUT2D eigenvalue weighted by molar-refractivity contribution is -0.133. The molecule has 1 saturated heterocycles. The van der Waals surface area contributed by atoms with Gasteiger partial charge in [-0.2, -0.15) is 0 Å². The number of likely N-dealkylation sites (tertiary alicyclic amines) is 1. The van der Waals surface area contributed by atoms with Gasteiger partial charge in [-0.25, -0.2) is 0 Å². The number of amides is 1. The number of carbonyl (C=O) groups is 1. The Morgan fingerprint density at radius 1 is 1.05 bits per heavy atom. The maximum absolute atomic E-state index is 12.1. The molecule has 3 N–H and O–H groups in total. The first-order valence-corrected chi connectivity index (χ1v) is 7.83. The molecule has 2 rings (SSSR count). The second kappa shape index (κ2) is 7.25. The normalized spacial score (nSPS) is 29.5. The van der Waals surface area contributed by atoms with Crippen LogP contribution >= 0.6 is 0 Å². The summed E-state index contributed by atoms with van der Waals surface area (Å²) >= 11 is 0. The first-order chi connectivity index (χ1) is 9.19. The molecule has 4 heteroatoms. The van der Waals surface area contributed by atoms with Gasteiger partial charge in [0.25, 0.3) is 0 Å². The van der Waals surface area contributed by atoms with Crippen LogP contribution in [0.3, 0.4) is 0 Å². The van der Waals surface area contributed by atoms with E-state index in [1.54, 1.807) is 0 Å². The lowest BCUT2D eigenvalue weighted by Crippen LogP contribution is -2.39. The molecule has 0 aromatic rings. The minimum atomic E-state index is 0.268. The van der Waals surface area contributed by atoms with Gasteiger partial charge in [-0.3, -0.25) is 4.79 Å². The minimum absolute atomic E-state index is 0.268. The Hall–Kier alpha value is -0.610. The van der Waals surface area contributed by atoms with Crippen LogP contribution in [0.25, 0.3) is 0 Å². The molecule has 1 aliphatic carbocycles. The molecule has 19 heavy (non-hydrogen) atoms. The highest BCUT2D eigenvalue weighted by atomic mass is 16.3. The van der Waals surface area contributed by atoms with Crippen molar-refractivity contribution in [3.63, 3.8) is 0 Å². The highest BCUT2D eigenvalue weighted by Crippen LogP contribution is 2.27. The molecule has 1 aliphatic heterocycles. The van der Waals surface area contributed by atoms with Gasteiger partial charge in [0, 0.05) is 32.2 Å². The molecule has 2 fully saturated rings. The van der Waals surface area contributed by atoms with E-state index in [2.05, 4.69) is 0 Å². The number of aliphatic hydroxyl groups is 1. The Bertz CT molecular complexity index is 280. The fourth-order valence-electron chi connectivity index (χ4n) is 3.33.